The van der Waals surface area contributed by atoms with Crippen LogP contribution >= 0.6 is 0 Å². The molecule has 0 aromatic heterocycles. The number of rotatable bonds is 7. The van der Waals surface area contributed by atoms with E-state index in [2.05, 4.69) is 11.9 Å². The zero-order valence-electron chi connectivity index (χ0n) is 10.2. The lowest BCUT2D eigenvalue weighted by Gasteiger charge is -2.11. The molecule has 18 heavy (non-hydrogen) atoms. The summed E-state index contributed by atoms with van der Waals surface area (Å²) in [5.41, 5.74) is 0.687. The summed E-state index contributed by atoms with van der Waals surface area (Å²) in [6, 6.07) is 6.27. The first-order chi connectivity index (χ1) is 8.42. The van der Waals surface area contributed by atoms with Gasteiger partial charge < -0.3 is 14.6 Å². The lowest BCUT2D eigenvalue weighted by Crippen LogP contribution is -2.21. The monoisotopic (exact) mass is 271 g/mol. The molecule has 0 saturated carbocycles. The molecule has 1 aromatic rings. The van der Waals surface area contributed by atoms with E-state index in [-0.39, 0.29) is 5.75 Å². The van der Waals surface area contributed by atoms with E-state index in [1.807, 2.05) is 0 Å². The van der Waals surface area contributed by atoms with E-state index in [0.29, 0.717) is 18.7 Å². The first-order valence-corrected chi connectivity index (χ1v) is 7.23. The highest BCUT2D eigenvalue weighted by molar-refractivity contribution is 7.86. The summed E-state index contributed by atoms with van der Waals surface area (Å²) in [7, 11) is -3.51. The van der Waals surface area contributed by atoms with Crippen molar-refractivity contribution in [1.82, 2.24) is 5.32 Å². The SMILES string of the molecule is C=CCNCC(O)c1ccc(OS(C)(=O)=O)cc1. The van der Waals surface area contributed by atoms with Gasteiger partial charge in [-0.15, -0.1) is 6.58 Å². The lowest BCUT2D eigenvalue weighted by molar-refractivity contribution is 0.176. The van der Waals surface area contributed by atoms with Crippen LogP contribution in [0.4, 0.5) is 0 Å². The van der Waals surface area contributed by atoms with Crippen molar-refractivity contribution in [1.29, 1.82) is 0 Å². The molecule has 0 aliphatic rings. The molecule has 0 amide bonds. The van der Waals surface area contributed by atoms with Crippen molar-refractivity contribution in [2.45, 2.75) is 6.10 Å². The molecule has 0 bridgehead atoms. The number of aliphatic hydroxyl groups is 1. The van der Waals surface area contributed by atoms with Crippen LogP contribution in [0.3, 0.4) is 0 Å². The Bertz CT molecular complexity index is 481. The minimum Gasteiger partial charge on any atom is -0.387 e. The second-order valence-electron chi connectivity index (χ2n) is 3.82. The van der Waals surface area contributed by atoms with Crippen LogP contribution in [-0.4, -0.2) is 32.9 Å². The van der Waals surface area contributed by atoms with Crippen LogP contribution in [-0.2, 0) is 10.1 Å². The third kappa shape index (κ3) is 5.31. The van der Waals surface area contributed by atoms with Crippen LogP contribution in [0.5, 0.6) is 5.75 Å². The normalized spacial score (nSPS) is 13.0. The first-order valence-electron chi connectivity index (χ1n) is 5.41. The van der Waals surface area contributed by atoms with Crippen LogP contribution < -0.4 is 9.50 Å². The molecule has 100 valence electrons. The van der Waals surface area contributed by atoms with E-state index < -0.39 is 16.2 Å². The van der Waals surface area contributed by atoms with E-state index in [0.717, 1.165) is 6.26 Å². The molecule has 6 heteroatoms. The number of nitrogens with one attached hydrogen (secondary N) is 1. The van der Waals surface area contributed by atoms with Gasteiger partial charge in [0.1, 0.15) is 5.75 Å². The third-order valence-corrected chi connectivity index (χ3v) is 2.63. The zero-order valence-corrected chi connectivity index (χ0v) is 11.0. The average molecular weight is 271 g/mol. The van der Waals surface area contributed by atoms with Crippen molar-refractivity contribution >= 4 is 10.1 Å². The second kappa shape index (κ2) is 6.53. The summed E-state index contributed by atoms with van der Waals surface area (Å²) in [6.45, 7) is 4.58. The Balaban J connectivity index is 2.61. The maximum Gasteiger partial charge on any atom is 0.306 e. The molecular weight excluding hydrogens is 254 g/mol. The predicted octanol–water partition coefficient (Wildman–Crippen LogP) is 0.834. The first kappa shape index (κ1) is 14.7. The summed E-state index contributed by atoms with van der Waals surface area (Å²) in [5, 5.41) is 12.8. The fourth-order valence-corrected chi connectivity index (χ4v) is 1.82. The summed E-state index contributed by atoms with van der Waals surface area (Å²) >= 11 is 0. The molecule has 0 spiro atoms. The van der Waals surface area contributed by atoms with Crippen molar-refractivity contribution in [2.24, 2.45) is 0 Å². The molecule has 1 rings (SSSR count). The van der Waals surface area contributed by atoms with E-state index in [1.54, 1.807) is 18.2 Å². The lowest BCUT2D eigenvalue weighted by atomic mass is 10.1. The molecule has 0 heterocycles. The fraction of sp³-hybridized carbons (Fsp3) is 0.333. The summed E-state index contributed by atoms with van der Waals surface area (Å²) in [5.74, 6) is 0.229. The molecule has 0 saturated heterocycles. The van der Waals surface area contributed by atoms with E-state index in [4.69, 9.17) is 4.18 Å². The third-order valence-electron chi connectivity index (χ3n) is 2.14. The molecule has 5 nitrogen and oxygen atoms in total. The molecule has 0 aliphatic carbocycles. The summed E-state index contributed by atoms with van der Waals surface area (Å²) in [6.07, 6.45) is 2.03. The van der Waals surface area contributed by atoms with E-state index in [1.165, 1.54) is 12.1 Å². The Kier molecular flexibility index (Phi) is 5.33. The van der Waals surface area contributed by atoms with Gasteiger partial charge in [-0.3, -0.25) is 0 Å². The maximum atomic E-state index is 10.9. The summed E-state index contributed by atoms with van der Waals surface area (Å²) < 4.78 is 26.5. The van der Waals surface area contributed by atoms with Crippen molar-refractivity contribution < 1.29 is 17.7 Å². The standard InChI is InChI=1S/C12H17NO4S/c1-3-8-13-9-12(14)10-4-6-11(7-5-10)17-18(2,15)16/h3-7,12-14H,1,8-9H2,2H3. The Morgan fingerprint density at radius 3 is 2.56 bits per heavy atom. The van der Waals surface area contributed by atoms with Crippen LogP contribution in [0.15, 0.2) is 36.9 Å². The minimum absolute atomic E-state index is 0.229. The fourth-order valence-electron chi connectivity index (χ4n) is 1.36. The minimum atomic E-state index is -3.51. The molecular formula is C12H17NO4S. The number of hydrogen-bond donors (Lipinski definition) is 2. The molecule has 1 aromatic carbocycles. The van der Waals surface area contributed by atoms with Gasteiger partial charge in [0.15, 0.2) is 0 Å². The van der Waals surface area contributed by atoms with Gasteiger partial charge in [-0.25, -0.2) is 0 Å². The Labute approximate surface area is 107 Å². The highest BCUT2D eigenvalue weighted by atomic mass is 32.2. The highest BCUT2D eigenvalue weighted by Crippen LogP contribution is 2.18. The van der Waals surface area contributed by atoms with Gasteiger partial charge in [0.2, 0.25) is 0 Å². The largest absolute Gasteiger partial charge is 0.387 e. The molecule has 1 atom stereocenters. The van der Waals surface area contributed by atoms with Crippen LogP contribution in [0.1, 0.15) is 11.7 Å². The van der Waals surface area contributed by atoms with Gasteiger partial charge >= 0.3 is 10.1 Å². The topological polar surface area (TPSA) is 75.6 Å². The molecule has 0 fully saturated rings. The summed E-state index contributed by atoms with van der Waals surface area (Å²) in [4.78, 5) is 0. The molecule has 0 radical (unpaired) electrons. The zero-order chi connectivity index (χ0) is 13.6. The van der Waals surface area contributed by atoms with E-state index in [9.17, 15) is 13.5 Å². The Hall–Kier alpha value is -1.37. The van der Waals surface area contributed by atoms with E-state index >= 15 is 0 Å². The molecule has 1 unspecified atom stereocenters. The maximum absolute atomic E-state index is 10.9. The highest BCUT2D eigenvalue weighted by Gasteiger charge is 2.08. The van der Waals surface area contributed by atoms with Gasteiger partial charge in [-0.2, -0.15) is 8.42 Å². The van der Waals surface area contributed by atoms with Crippen molar-refractivity contribution in [3.8, 4) is 5.75 Å². The smallest absolute Gasteiger partial charge is 0.306 e. The van der Waals surface area contributed by atoms with Crippen molar-refractivity contribution in [3.05, 3.63) is 42.5 Å². The van der Waals surface area contributed by atoms with Crippen LogP contribution in [0.25, 0.3) is 0 Å². The number of hydrogen-bond acceptors (Lipinski definition) is 5. The predicted molar refractivity (Wildman–Crippen MR) is 69.9 cm³/mol. The second-order valence-corrected chi connectivity index (χ2v) is 5.39. The van der Waals surface area contributed by atoms with Gasteiger partial charge in [0.05, 0.1) is 12.4 Å². The van der Waals surface area contributed by atoms with Gasteiger partial charge in [0, 0.05) is 13.1 Å². The number of benzene rings is 1. The van der Waals surface area contributed by atoms with Gasteiger partial charge in [-0.1, -0.05) is 18.2 Å². The Morgan fingerprint density at radius 2 is 2.06 bits per heavy atom. The van der Waals surface area contributed by atoms with Gasteiger partial charge in [0.25, 0.3) is 0 Å². The molecule has 2 N–H and O–H groups in total. The van der Waals surface area contributed by atoms with Crippen LogP contribution in [0, 0.1) is 0 Å². The molecule has 0 aliphatic heterocycles. The van der Waals surface area contributed by atoms with Crippen LogP contribution in [0.2, 0.25) is 0 Å². The Morgan fingerprint density at radius 1 is 1.44 bits per heavy atom. The quantitative estimate of drug-likeness (QED) is 0.436. The average Bonchev–Trinajstić information content (AvgIpc) is 2.28. The van der Waals surface area contributed by atoms with Crippen molar-refractivity contribution in [3.63, 3.8) is 0 Å². The van der Waals surface area contributed by atoms with Crippen molar-refractivity contribution in [2.75, 3.05) is 19.3 Å². The van der Waals surface area contributed by atoms with Gasteiger partial charge in [-0.05, 0) is 17.7 Å². The number of aliphatic hydroxyl groups excluding tert-OH is 1.